The number of anilines is 1. The van der Waals surface area contributed by atoms with Crippen LogP contribution in [0.15, 0.2) is 54.7 Å². The van der Waals surface area contributed by atoms with Crippen LogP contribution in [0.4, 0.5) is 10.1 Å². The van der Waals surface area contributed by atoms with Gasteiger partial charge >= 0.3 is 0 Å². The van der Waals surface area contributed by atoms with Crippen molar-refractivity contribution in [3.8, 4) is 11.1 Å². The highest BCUT2D eigenvalue weighted by atomic mass is 19.1. The third-order valence-electron chi connectivity index (χ3n) is 8.30. The molecule has 1 unspecified atom stereocenters. The Labute approximate surface area is 220 Å². The second-order valence-corrected chi connectivity index (χ2v) is 10.6. The van der Waals surface area contributed by atoms with Crippen molar-refractivity contribution in [2.75, 3.05) is 12.4 Å². The molecule has 0 bridgehead atoms. The summed E-state index contributed by atoms with van der Waals surface area (Å²) in [5.41, 5.74) is 4.19. The molecular weight excluding hydrogens is 481 g/mol. The molecule has 4 aromatic rings. The number of pyridine rings is 1. The highest BCUT2D eigenvalue weighted by molar-refractivity contribution is 6.11. The maximum Gasteiger partial charge on any atom is 0.276 e. The lowest BCUT2D eigenvalue weighted by atomic mass is 9.83. The number of rotatable bonds is 6. The molecule has 3 N–H and O–H groups in total. The lowest BCUT2D eigenvalue weighted by Crippen LogP contribution is -2.18. The number of hydrogen-bond acceptors (Lipinski definition) is 4. The van der Waals surface area contributed by atoms with E-state index in [-0.39, 0.29) is 28.8 Å². The summed E-state index contributed by atoms with van der Waals surface area (Å²) in [7, 11) is 1.52. The van der Waals surface area contributed by atoms with Crippen LogP contribution in [0, 0.1) is 17.2 Å². The summed E-state index contributed by atoms with van der Waals surface area (Å²) < 4.78 is 14.9. The summed E-state index contributed by atoms with van der Waals surface area (Å²) in [6.07, 6.45) is 10.8. The third kappa shape index (κ3) is 4.55. The molecule has 2 aliphatic rings. The number of carbonyl (C=O) groups is 2. The largest absolute Gasteiger partial charge is 0.354 e. The van der Waals surface area contributed by atoms with E-state index in [1.807, 2.05) is 12.1 Å². The van der Waals surface area contributed by atoms with Crippen molar-refractivity contribution in [3.05, 3.63) is 77.5 Å². The van der Waals surface area contributed by atoms with Gasteiger partial charge in [-0.1, -0.05) is 37.5 Å². The predicted molar refractivity (Wildman–Crippen MR) is 144 cm³/mol. The van der Waals surface area contributed by atoms with Crippen LogP contribution in [0.5, 0.6) is 0 Å². The first kappa shape index (κ1) is 24.3. The van der Waals surface area contributed by atoms with Gasteiger partial charge in [-0.3, -0.25) is 19.7 Å². The molecule has 194 valence electrons. The molecule has 0 radical (unpaired) electrons. The Bertz CT molecular complexity index is 1500. The Morgan fingerprint density at radius 2 is 1.84 bits per heavy atom. The molecule has 2 amide bonds. The molecule has 2 saturated carbocycles. The van der Waals surface area contributed by atoms with Crippen molar-refractivity contribution >= 4 is 28.4 Å². The van der Waals surface area contributed by atoms with E-state index in [1.54, 1.807) is 12.1 Å². The lowest BCUT2D eigenvalue weighted by Gasteiger charge is -2.22. The molecule has 2 aromatic heterocycles. The molecule has 2 heterocycles. The van der Waals surface area contributed by atoms with E-state index in [0.717, 1.165) is 12.3 Å². The molecule has 1 spiro atoms. The van der Waals surface area contributed by atoms with Crippen LogP contribution in [0.3, 0.4) is 0 Å². The van der Waals surface area contributed by atoms with Crippen LogP contribution in [-0.4, -0.2) is 34.0 Å². The molecule has 2 fully saturated rings. The van der Waals surface area contributed by atoms with Crippen molar-refractivity contribution in [1.29, 1.82) is 0 Å². The second-order valence-electron chi connectivity index (χ2n) is 10.6. The van der Waals surface area contributed by atoms with E-state index in [4.69, 9.17) is 0 Å². The number of amides is 2. The first-order valence-corrected chi connectivity index (χ1v) is 13.2. The van der Waals surface area contributed by atoms with Crippen LogP contribution in [0.25, 0.3) is 22.0 Å². The van der Waals surface area contributed by atoms with Gasteiger partial charge in [0.2, 0.25) is 0 Å². The summed E-state index contributed by atoms with van der Waals surface area (Å²) in [5.74, 6) is -0.389. The maximum absolute atomic E-state index is 14.9. The average molecular weight is 512 g/mol. The first-order chi connectivity index (χ1) is 18.5. The predicted octanol–water partition coefficient (Wildman–Crippen LogP) is 5.89. The van der Waals surface area contributed by atoms with Gasteiger partial charge in [0.1, 0.15) is 11.5 Å². The minimum Gasteiger partial charge on any atom is -0.354 e. The first-order valence-electron chi connectivity index (χ1n) is 13.2. The lowest BCUT2D eigenvalue weighted by molar-refractivity contribution is 0.0957. The fourth-order valence-electron chi connectivity index (χ4n) is 6.04. The molecule has 1 atom stereocenters. The van der Waals surface area contributed by atoms with Gasteiger partial charge in [-0.25, -0.2) is 4.39 Å². The normalized spacial score (nSPS) is 17.9. The van der Waals surface area contributed by atoms with Gasteiger partial charge in [-0.2, -0.15) is 5.10 Å². The van der Waals surface area contributed by atoms with Crippen LogP contribution < -0.4 is 10.6 Å². The molecule has 38 heavy (non-hydrogen) atoms. The summed E-state index contributed by atoms with van der Waals surface area (Å²) in [5, 5.41) is 12.8. The van der Waals surface area contributed by atoms with Gasteiger partial charge < -0.3 is 10.6 Å². The Balaban J connectivity index is 1.17. The van der Waals surface area contributed by atoms with Gasteiger partial charge in [0, 0.05) is 41.5 Å². The van der Waals surface area contributed by atoms with Crippen molar-refractivity contribution in [2.24, 2.45) is 11.3 Å². The third-order valence-corrected chi connectivity index (χ3v) is 8.30. The van der Waals surface area contributed by atoms with E-state index in [2.05, 4.69) is 37.9 Å². The van der Waals surface area contributed by atoms with E-state index >= 15 is 0 Å². The van der Waals surface area contributed by atoms with E-state index in [1.165, 1.54) is 69.5 Å². The Morgan fingerprint density at radius 3 is 2.55 bits per heavy atom. The SMILES string of the molecule is CNC(=O)c1ccc(-c2cc3c(C(=O)Nc4ccc(CC5CC56CCCCC6)cc4)n[nH]c3cc2F)cn1. The number of aromatic amines is 1. The smallest absolute Gasteiger partial charge is 0.276 e. The molecular formula is C30H30FN5O2. The zero-order chi connectivity index (χ0) is 26.3. The molecule has 6 rings (SSSR count). The number of halogens is 1. The van der Waals surface area contributed by atoms with Crippen LogP contribution in [0.2, 0.25) is 0 Å². The minimum absolute atomic E-state index is 0.178. The molecule has 8 heteroatoms. The number of fused-ring (bicyclic) bond motifs is 1. The quantitative estimate of drug-likeness (QED) is 0.301. The Morgan fingerprint density at radius 1 is 1.05 bits per heavy atom. The van der Waals surface area contributed by atoms with Gasteiger partial charge in [0.05, 0.1) is 5.52 Å². The fraction of sp³-hybridized carbons (Fsp3) is 0.333. The van der Waals surface area contributed by atoms with Crippen molar-refractivity contribution in [3.63, 3.8) is 0 Å². The van der Waals surface area contributed by atoms with E-state index < -0.39 is 5.82 Å². The topological polar surface area (TPSA) is 99.8 Å². The van der Waals surface area contributed by atoms with Gasteiger partial charge in [0.25, 0.3) is 11.8 Å². The van der Waals surface area contributed by atoms with Crippen LogP contribution in [0.1, 0.15) is 65.1 Å². The fourth-order valence-corrected chi connectivity index (χ4v) is 6.04. The monoisotopic (exact) mass is 511 g/mol. The Kier molecular flexibility index (Phi) is 6.18. The highest BCUT2D eigenvalue weighted by Crippen LogP contribution is 2.62. The number of nitrogens with one attached hydrogen (secondary N) is 3. The summed E-state index contributed by atoms with van der Waals surface area (Å²) in [6, 6.07) is 14.1. The van der Waals surface area contributed by atoms with E-state index in [0.29, 0.717) is 27.6 Å². The highest BCUT2D eigenvalue weighted by Gasteiger charge is 2.52. The van der Waals surface area contributed by atoms with Gasteiger partial charge in [-0.05, 0) is 66.8 Å². The summed E-state index contributed by atoms with van der Waals surface area (Å²) >= 11 is 0. The summed E-state index contributed by atoms with van der Waals surface area (Å²) in [6.45, 7) is 0. The number of nitrogens with zero attached hydrogens (tertiary/aromatic N) is 2. The van der Waals surface area contributed by atoms with Crippen molar-refractivity contribution in [2.45, 2.75) is 44.9 Å². The average Bonchev–Trinajstić information content (AvgIpc) is 3.40. The van der Waals surface area contributed by atoms with Crippen LogP contribution >= 0.6 is 0 Å². The zero-order valence-electron chi connectivity index (χ0n) is 21.3. The molecule has 2 aliphatic carbocycles. The number of H-pyrrole nitrogens is 1. The molecule has 2 aromatic carbocycles. The van der Waals surface area contributed by atoms with E-state index in [9.17, 15) is 14.0 Å². The second kappa shape index (κ2) is 9.67. The molecule has 0 aliphatic heterocycles. The standard InChI is InChI=1S/C30H30FN5O2/c1-32-28(37)25-10-7-19(17-33-25)22-14-23-26(15-24(22)31)35-36-27(23)29(38)34-21-8-5-18(6-9-21)13-20-16-30(20)11-3-2-4-12-30/h5-10,14-15,17,20H,2-4,11-13,16H2,1H3,(H,32,37)(H,34,38)(H,35,36). The van der Waals surface area contributed by atoms with Crippen LogP contribution in [-0.2, 0) is 6.42 Å². The van der Waals surface area contributed by atoms with Crippen molar-refractivity contribution < 1.29 is 14.0 Å². The molecule has 0 saturated heterocycles. The summed E-state index contributed by atoms with van der Waals surface area (Å²) in [4.78, 5) is 29.0. The van der Waals surface area contributed by atoms with Crippen molar-refractivity contribution in [1.82, 2.24) is 20.5 Å². The number of hydrogen-bond donors (Lipinski definition) is 3. The Hall–Kier alpha value is -4.07. The van der Waals surface area contributed by atoms with Gasteiger partial charge in [-0.15, -0.1) is 0 Å². The minimum atomic E-state index is -0.483. The zero-order valence-corrected chi connectivity index (χ0v) is 21.3. The molecule has 7 nitrogen and oxygen atoms in total. The number of benzene rings is 2. The number of aromatic nitrogens is 3. The number of carbonyl (C=O) groups excluding carboxylic acids is 2. The maximum atomic E-state index is 14.9. The van der Waals surface area contributed by atoms with Gasteiger partial charge in [0.15, 0.2) is 5.69 Å².